The number of aliphatic carboxylic acids is 1. The number of nitrogens with zero attached hydrogens (tertiary/aromatic N) is 3. The van der Waals surface area contributed by atoms with Gasteiger partial charge in [0, 0.05) is 38.8 Å². The van der Waals surface area contributed by atoms with Crippen LogP contribution in [0, 0.1) is 11.8 Å². The summed E-state index contributed by atoms with van der Waals surface area (Å²) in [5.74, 6) is -4.12. The Bertz CT molecular complexity index is 2410. The Labute approximate surface area is 478 Å². The summed E-state index contributed by atoms with van der Waals surface area (Å²) in [6.45, 7) is 8.85. The van der Waals surface area contributed by atoms with Crippen LogP contribution in [0.2, 0.25) is 0 Å². The number of aromatic nitrogens is 2. The molecule has 14 unspecified atom stereocenters. The second-order valence-corrected chi connectivity index (χ2v) is 22.5. The lowest BCUT2D eigenvalue weighted by molar-refractivity contribution is -0.347. The molecule has 0 bridgehead atoms. The van der Waals surface area contributed by atoms with E-state index in [4.69, 9.17) is 28.4 Å². The number of benzene rings is 2. The van der Waals surface area contributed by atoms with Crippen molar-refractivity contribution in [3.8, 4) is 11.9 Å². The van der Waals surface area contributed by atoms with Crippen LogP contribution < -0.4 is 21.3 Å². The predicted octanol–water partition coefficient (Wildman–Crippen LogP) is 1.10. The second kappa shape index (κ2) is 31.2. The van der Waals surface area contributed by atoms with E-state index in [0.29, 0.717) is 12.8 Å². The maximum absolute atomic E-state index is 14.2. The number of hydrogen-bond donors (Lipinski definition) is 12. The Balaban J connectivity index is 1.11. The fourth-order valence-corrected chi connectivity index (χ4v) is 11.8. The van der Waals surface area contributed by atoms with Crippen LogP contribution >= 0.6 is 0 Å². The summed E-state index contributed by atoms with van der Waals surface area (Å²) in [6.07, 6.45) is -12.3. The van der Waals surface area contributed by atoms with Gasteiger partial charge in [0.05, 0.1) is 30.4 Å². The van der Waals surface area contributed by atoms with Gasteiger partial charge in [0.15, 0.2) is 24.8 Å². The van der Waals surface area contributed by atoms with Gasteiger partial charge in [-0.15, -0.1) is 0 Å². The zero-order chi connectivity index (χ0) is 58.1. The molecule has 0 radical (unpaired) electrons. The average molecular weight is 1150 g/mol. The molecule has 1 amide bonds. The highest BCUT2D eigenvalue weighted by Gasteiger charge is 2.54. The van der Waals surface area contributed by atoms with E-state index in [1.54, 1.807) is 18.2 Å². The number of ether oxygens (including phenoxy) is 6. The van der Waals surface area contributed by atoms with Gasteiger partial charge in [0.1, 0.15) is 48.4 Å². The SMILES string of the molecule is CC1OC(OC2C(NC(=O)c3cc(O)nc(O)n3)CC(CCc3ccc(CN4CCCNCCNCCCNCC4)cc3)CC2OC2OC(CO)C(O)C(O[C@@H](CC3CCCCC3)C(=O)O)C2OC(=O)c2ccccc2)C(O)C(O)C1O. The minimum atomic E-state index is -1.83. The van der Waals surface area contributed by atoms with Crippen molar-refractivity contribution < 1.29 is 83.7 Å². The first-order valence-corrected chi connectivity index (χ1v) is 29.2. The molecule has 5 aliphatic rings. The molecule has 82 heavy (non-hydrogen) atoms. The van der Waals surface area contributed by atoms with Crippen LogP contribution in [0.25, 0.3) is 0 Å². The Morgan fingerprint density at radius 2 is 1.44 bits per heavy atom. The van der Waals surface area contributed by atoms with Crippen LogP contribution in [0.1, 0.15) is 110 Å². The van der Waals surface area contributed by atoms with Crippen molar-refractivity contribution in [1.29, 1.82) is 0 Å². The molecule has 0 spiro atoms. The number of aliphatic hydroxyl groups excluding tert-OH is 5. The third-order valence-corrected chi connectivity index (χ3v) is 16.4. The Morgan fingerprint density at radius 1 is 0.732 bits per heavy atom. The molecule has 15 atom stereocenters. The largest absolute Gasteiger partial charge is 0.493 e. The molecule has 24 nitrogen and oxygen atoms in total. The highest BCUT2D eigenvalue weighted by atomic mass is 16.7. The van der Waals surface area contributed by atoms with Crippen molar-refractivity contribution in [1.82, 2.24) is 36.1 Å². The maximum atomic E-state index is 14.2. The zero-order valence-electron chi connectivity index (χ0n) is 46.7. The van der Waals surface area contributed by atoms with Crippen molar-refractivity contribution in [3.05, 3.63) is 83.0 Å². The molecule has 8 rings (SSSR count). The molecule has 24 heteroatoms. The summed E-state index contributed by atoms with van der Waals surface area (Å²) >= 11 is 0. The van der Waals surface area contributed by atoms with Crippen LogP contribution in [-0.2, 0) is 46.2 Å². The molecular formula is C58H85N7O17. The molecule has 12 N–H and O–H groups in total. The summed E-state index contributed by atoms with van der Waals surface area (Å²) in [6, 6.07) is 15.3. The van der Waals surface area contributed by atoms with Crippen molar-refractivity contribution in [2.24, 2.45) is 11.8 Å². The first-order valence-electron chi connectivity index (χ1n) is 29.2. The number of amides is 1. The van der Waals surface area contributed by atoms with Gasteiger partial charge in [-0.2, -0.15) is 9.97 Å². The number of carboxylic acids is 1. The fraction of sp³-hybridized carbons (Fsp3) is 0.672. The van der Waals surface area contributed by atoms with Crippen molar-refractivity contribution >= 4 is 17.8 Å². The number of carbonyl (C=O) groups excluding carboxylic acids is 2. The van der Waals surface area contributed by atoms with Crippen LogP contribution in [-0.4, -0.2) is 218 Å². The van der Waals surface area contributed by atoms with E-state index >= 15 is 0 Å². The third kappa shape index (κ3) is 17.8. The van der Waals surface area contributed by atoms with Gasteiger partial charge in [-0.05, 0) is 113 Å². The van der Waals surface area contributed by atoms with Crippen molar-refractivity contribution in [2.45, 2.75) is 176 Å². The lowest BCUT2D eigenvalue weighted by Gasteiger charge is -2.49. The number of hydrogen-bond acceptors (Lipinski definition) is 22. The Hall–Kier alpha value is -5.03. The summed E-state index contributed by atoms with van der Waals surface area (Å²) in [5.41, 5.74) is 1.86. The van der Waals surface area contributed by atoms with Gasteiger partial charge < -0.3 is 90.5 Å². The zero-order valence-corrected chi connectivity index (χ0v) is 46.7. The highest BCUT2D eigenvalue weighted by Crippen LogP contribution is 2.39. The number of aromatic hydroxyl groups is 2. The second-order valence-electron chi connectivity index (χ2n) is 22.5. The maximum Gasteiger partial charge on any atom is 0.338 e. The average Bonchev–Trinajstić information content (AvgIpc) is 3.46. The molecule has 3 aromatic rings. The normalized spacial score (nSPS) is 31.7. The van der Waals surface area contributed by atoms with Gasteiger partial charge >= 0.3 is 17.9 Å². The smallest absolute Gasteiger partial charge is 0.338 e. The quantitative estimate of drug-likeness (QED) is 0.0748. The number of carbonyl (C=O) groups is 3. The number of esters is 1. The summed E-state index contributed by atoms with van der Waals surface area (Å²) in [7, 11) is 0. The topological polar surface area (TPSA) is 346 Å². The van der Waals surface area contributed by atoms with E-state index in [9.17, 15) is 55.2 Å². The Kier molecular flexibility index (Phi) is 24.0. The molecule has 4 heterocycles. The minimum absolute atomic E-state index is 0.00356. The number of aliphatic hydroxyl groups is 5. The van der Waals surface area contributed by atoms with Gasteiger partial charge in [-0.3, -0.25) is 9.69 Å². The van der Waals surface area contributed by atoms with Crippen LogP contribution in [0.15, 0.2) is 60.7 Å². The molecule has 2 saturated carbocycles. The number of nitrogens with one attached hydrogen (secondary N) is 4. The molecular weight excluding hydrogens is 1070 g/mol. The molecule has 2 aliphatic carbocycles. The number of rotatable bonds is 19. The number of carboxylic acid groups (broad SMARTS) is 1. The Morgan fingerprint density at radius 3 is 2.15 bits per heavy atom. The summed E-state index contributed by atoms with van der Waals surface area (Å²) in [4.78, 5) is 51.1. The molecule has 454 valence electrons. The van der Waals surface area contributed by atoms with Gasteiger partial charge in [0.25, 0.3) is 5.91 Å². The minimum Gasteiger partial charge on any atom is -0.493 e. The summed E-state index contributed by atoms with van der Waals surface area (Å²) < 4.78 is 38.3. The standard InChI is InChI=1S/C58H85N7O17/c1-34-46(68)48(70)49(71)56(77-34)82-50-40(62-53(72)41-31-45(67)64-58(76)63-41)28-38(19-16-35-14-17-37(18-15-35)32-65-26-9-22-60-24-23-59-20-8-21-61-25-27-65)30-42(50)79-57-52(81-55(75)39-12-6-3-7-13-39)51(47(69)44(33-66)80-57)78-43(54(73)74)29-36-10-4-2-5-11-36/h3,6-7,12-15,17-18,31,34,36,38,40,42-44,46-52,56-57,59-61,66,68-71H,2,4-5,8-11,16,19-30,32-33H2,1H3,(H,62,72)(H,73,74)(H2,63,64,67,76)/t34?,38?,40?,42?,43-,44?,46?,47?,48?,49?,50?,51?,52?,56?,57?/m0/s1. The van der Waals surface area contributed by atoms with E-state index in [1.807, 2.05) is 0 Å². The summed E-state index contributed by atoms with van der Waals surface area (Å²) in [5, 5.41) is 100. The fourth-order valence-electron chi connectivity index (χ4n) is 11.8. The van der Waals surface area contributed by atoms with Crippen LogP contribution in [0.5, 0.6) is 11.9 Å². The molecule has 5 fully saturated rings. The van der Waals surface area contributed by atoms with E-state index in [2.05, 4.69) is 60.4 Å². The van der Waals surface area contributed by atoms with Crippen molar-refractivity contribution in [3.63, 3.8) is 0 Å². The lowest BCUT2D eigenvalue weighted by Crippen LogP contribution is -2.65. The highest BCUT2D eigenvalue weighted by molar-refractivity contribution is 5.93. The van der Waals surface area contributed by atoms with Crippen LogP contribution in [0.4, 0.5) is 0 Å². The van der Waals surface area contributed by atoms with E-state index in [0.717, 1.165) is 121 Å². The molecule has 2 aromatic carbocycles. The van der Waals surface area contributed by atoms with Crippen LogP contribution in [0.3, 0.4) is 0 Å². The first-order chi connectivity index (χ1) is 39.6. The van der Waals surface area contributed by atoms with Gasteiger partial charge in [-0.25, -0.2) is 9.59 Å². The molecule has 3 aliphatic heterocycles. The monoisotopic (exact) mass is 1150 g/mol. The number of aryl methyl sites for hydroxylation is 1. The predicted molar refractivity (Wildman–Crippen MR) is 294 cm³/mol. The van der Waals surface area contributed by atoms with Crippen molar-refractivity contribution in [2.75, 3.05) is 59.0 Å². The lowest BCUT2D eigenvalue weighted by atomic mass is 9.78. The van der Waals surface area contributed by atoms with E-state index in [-0.39, 0.29) is 36.7 Å². The first kappa shape index (κ1) is 63.0. The molecule has 3 saturated heterocycles. The van der Waals surface area contributed by atoms with Gasteiger partial charge in [0.2, 0.25) is 5.88 Å². The third-order valence-electron chi connectivity index (χ3n) is 16.4. The molecule has 1 aromatic heterocycles. The van der Waals surface area contributed by atoms with Gasteiger partial charge in [-0.1, -0.05) is 74.6 Å². The van der Waals surface area contributed by atoms with E-state index < -0.39 is 128 Å². The van der Waals surface area contributed by atoms with E-state index in [1.165, 1.54) is 19.1 Å².